The number of rotatable bonds is 4. The van der Waals surface area contributed by atoms with Gasteiger partial charge in [-0.05, 0) is 31.4 Å². The Morgan fingerprint density at radius 1 is 1.31 bits per heavy atom. The summed E-state index contributed by atoms with van der Waals surface area (Å²) < 4.78 is 4.82. The van der Waals surface area contributed by atoms with E-state index in [1.807, 2.05) is 6.26 Å². The van der Waals surface area contributed by atoms with Gasteiger partial charge in [-0.15, -0.1) is 11.8 Å². The number of benzene rings is 1. The summed E-state index contributed by atoms with van der Waals surface area (Å²) in [6.07, 6.45) is 1.82. The summed E-state index contributed by atoms with van der Waals surface area (Å²) in [5.41, 5.74) is 0.362. The Bertz CT molecular complexity index is 414. The molecule has 0 radical (unpaired) electrons. The fourth-order valence-electron chi connectivity index (χ4n) is 1.17. The highest BCUT2D eigenvalue weighted by molar-refractivity contribution is 7.98. The maximum Gasteiger partial charge on any atom is 0.338 e. The summed E-state index contributed by atoms with van der Waals surface area (Å²) in [6.45, 7) is 1.97. The van der Waals surface area contributed by atoms with Gasteiger partial charge in [0.15, 0.2) is 0 Å². The van der Waals surface area contributed by atoms with Crippen LogP contribution in [0.2, 0.25) is 0 Å². The molecule has 16 heavy (non-hydrogen) atoms. The van der Waals surface area contributed by atoms with Gasteiger partial charge in [0.25, 0.3) is 0 Å². The second kappa shape index (κ2) is 5.55. The van der Waals surface area contributed by atoms with E-state index in [-0.39, 0.29) is 17.7 Å². The molecular formula is C11H12O4S. The average molecular weight is 240 g/mol. The van der Waals surface area contributed by atoms with Crippen molar-refractivity contribution in [3.05, 3.63) is 29.3 Å². The number of carboxylic acid groups (broad SMARTS) is 1. The molecule has 1 aromatic rings. The van der Waals surface area contributed by atoms with Crippen molar-refractivity contribution in [3.63, 3.8) is 0 Å². The van der Waals surface area contributed by atoms with Gasteiger partial charge < -0.3 is 9.84 Å². The van der Waals surface area contributed by atoms with Gasteiger partial charge in [0, 0.05) is 4.90 Å². The molecule has 0 amide bonds. The summed E-state index contributed by atoms with van der Waals surface area (Å²) in [5, 5.41) is 8.88. The molecule has 0 saturated heterocycles. The highest BCUT2D eigenvalue weighted by Gasteiger charge is 2.12. The Kier molecular flexibility index (Phi) is 4.37. The minimum Gasteiger partial charge on any atom is -0.478 e. The van der Waals surface area contributed by atoms with Crippen LogP contribution in [0.4, 0.5) is 0 Å². The van der Waals surface area contributed by atoms with Crippen molar-refractivity contribution >= 4 is 23.7 Å². The molecule has 5 heteroatoms. The molecule has 1 aromatic carbocycles. The number of ether oxygens (including phenoxy) is 1. The molecule has 4 nitrogen and oxygen atoms in total. The van der Waals surface area contributed by atoms with Crippen molar-refractivity contribution in [2.24, 2.45) is 0 Å². The number of esters is 1. The fourth-order valence-corrected chi connectivity index (χ4v) is 1.66. The van der Waals surface area contributed by atoms with Crippen molar-refractivity contribution in [2.75, 3.05) is 12.9 Å². The molecular weight excluding hydrogens is 228 g/mol. The molecule has 0 heterocycles. The summed E-state index contributed by atoms with van der Waals surface area (Å²) in [4.78, 5) is 23.0. The lowest BCUT2D eigenvalue weighted by Gasteiger charge is -2.05. The Morgan fingerprint density at radius 2 is 1.94 bits per heavy atom. The second-order valence-corrected chi connectivity index (χ2v) is 3.86. The lowest BCUT2D eigenvalue weighted by Crippen LogP contribution is -2.07. The number of thioether (sulfide) groups is 1. The normalized spacial score (nSPS) is 9.88. The zero-order valence-corrected chi connectivity index (χ0v) is 9.84. The van der Waals surface area contributed by atoms with Crippen LogP contribution in [0.5, 0.6) is 0 Å². The van der Waals surface area contributed by atoms with Crippen LogP contribution in [0.15, 0.2) is 23.1 Å². The van der Waals surface area contributed by atoms with Crippen LogP contribution in [-0.4, -0.2) is 29.9 Å². The Hall–Kier alpha value is -1.49. The predicted molar refractivity (Wildman–Crippen MR) is 61.1 cm³/mol. The summed E-state index contributed by atoms with van der Waals surface area (Å²) in [6, 6.07) is 4.46. The Morgan fingerprint density at radius 3 is 2.44 bits per heavy atom. The van der Waals surface area contributed by atoms with Crippen molar-refractivity contribution in [2.45, 2.75) is 11.8 Å². The number of carbonyl (C=O) groups is 2. The van der Waals surface area contributed by atoms with E-state index in [2.05, 4.69) is 0 Å². The van der Waals surface area contributed by atoms with Gasteiger partial charge >= 0.3 is 11.9 Å². The predicted octanol–water partition coefficient (Wildman–Crippen LogP) is 2.28. The largest absolute Gasteiger partial charge is 0.478 e. The zero-order chi connectivity index (χ0) is 12.1. The second-order valence-electron chi connectivity index (χ2n) is 2.98. The van der Waals surface area contributed by atoms with Gasteiger partial charge in [0.05, 0.1) is 17.7 Å². The number of carbonyl (C=O) groups excluding carboxylic acids is 1. The molecule has 0 saturated carbocycles. The van der Waals surface area contributed by atoms with E-state index < -0.39 is 11.9 Å². The van der Waals surface area contributed by atoms with Crippen molar-refractivity contribution < 1.29 is 19.4 Å². The third kappa shape index (κ3) is 3.00. The number of hydrogen-bond donors (Lipinski definition) is 1. The van der Waals surface area contributed by atoms with Crippen LogP contribution in [0.25, 0.3) is 0 Å². The van der Waals surface area contributed by atoms with E-state index in [1.165, 1.54) is 23.9 Å². The number of hydrogen-bond acceptors (Lipinski definition) is 4. The SMILES string of the molecule is CCOC(=O)c1cc(SC)cc(C(=O)O)c1. The van der Waals surface area contributed by atoms with Crippen LogP contribution < -0.4 is 0 Å². The monoisotopic (exact) mass is 240 g/mol. The minimum absolute atomic E-state index is 0.0925. The molecule has 0 atom stereocenters. The van der Waals surface area contributed by atoms with E-state index >= 15 is 0 Å². The third-order valence-corrected chi connectivity index (χ3v) is 2.61. The van der Waals surface area contributed by atoms with Crippen molar-refractivity contribution in [1.29, 1.82) is 0 Å². The lowest BCUT2D eigenvalue weighted by atomic mass is 10.1. The molecule has 1 N–H and O–H groups in total. The molecule has 86 valence electrons. The molecule has 0 bridgehead atoms. The van der Waals surface area contributed by atoms with E-state index in [0.717, 1.165) is 4.90 Å². The van der Waals surface area contributed by atoms with Crippen LogP contribution in [0.1, 0.15) is 27.6 Å². The molecule has 0 unspecified atom stereocenters. The number of aromatic carboxylic acids is 1. The summed E-state index contributed by atoms with van der Waals surface area (Å²) in [5.74, 6) is -1.55. The van der Waals surface area contributed by atoms with Gasteiger partial charge in [-0.25, -0.2) is 9.59 Å². The Labute approximate surface area is 97.6 Å². The third-order valence-electron chi connectivity index (χ3n) is 1.90. The van der Waals surface area contributed by atoms with E-state index in [0.29, 0.717) is 0 Å². The first kappa shape index (κ1) is 12.6. The molecule has 0 spiro atoms. The zero-order valence-electron chi connectivity index (χ0n) is 9.02. The quantitative estimate of drug-likeness (QED) is 0.646. The minimum atomic E-state index is -1.05. The Balaban J connectivity index is 3.13. The van der Waals surface area contributed by atoms with E-state index in [4.69, 9.17) is 9.84 Å². The fraction of sp³-hybridized carbons (Fsp3) is 0.273. The maximum absolute atomic E-state index is 11.5. The molecule has 0 fully saturated rings. The molecule has 0 aliphatic rings. The van der Waals surface area contributed by atoms with Gasteiger partial charge in [-0.1, -0.05) is 0 Å². The summed E-state index contributed by atoms with van der Waals surface area (Å²) in [7, 11) is 0. The van der Waals surface area contributed by atoms with Crippen LogP contribution in [-0.2, 0) is 4.74 Å². The highest BCUT2D eigenvalue weighted by atomic mass is 32.2. The molecule has 1 rings (SSSR count). The maximum atomic E-state index is 11.5. The summed E-state index contributed by atoms with van der Waals surface area (Å²) >= 11 is 1.38. The first-order valence-electron chi connectivity index (χ1n) is 4.68. The first-order chi connectivity index (χ1) is 7.58. The van der Waals surface area contributed by atoms with E-state index in [1.54, 1.807) is 13.0 Å². The molecule has 0 aliphatic carbocycles. The van der Waals surface area contributed by atoms with E-state index in [9.17, 15) is 9.59 Å². The number of carboxylic acids is 1. The topological polar surface area (TPSA) is 63.6 Å². The van der Waals surface area contributed by atoms with Crippen LogP contribution in [0, 0.1) is 0 Å². The van der Waals surface area contributed by atoms with Gasteiger partial charge in [0.1, 0.15) is 0 Å². The molecule has 0 aliphatic heterocycles. The first-order valence-corrected chi connectivity index (χ1v) is 5.90. The van der Waals surface area contributed by atoms with Crippen LogP contribution >= 0.6 is 11.8 Å². The van der Waals surface area contributed by atoms with Gasteiger partial charge in [-0.3, -0.25) is 0 Å². The highest BCUT2D eigenvalue weighted by Crippen LogP contribution is 2.19. The van der Waals surface area contributed by atoms with Crippen molar-refractivity contribution in [1.82, 2.24) is 0 Å². The van der Waals surface area contributed by atoms with Crippen molar-refractivity contribution in [3.8, 4) is 0 Å². The lowest BCUT2D eigenvalue weighted by molar-refractivity contribution is 0.0526. The van der Waals surface area contributed by atoms with Crippen LogP contribution in [0.3, 0.4) is 0 Å². The smallest absolute Gasteiger partial charge is 0.338 e. The average Bonchev–Trinajstić information content (AvgIpc) is 2.28. The van der Waals surface area contributed by atoms with Gasteiger partial charge in [0.2, 0.25) is 0 Å². The molecule has 0 aromatic heterocycles. The van der Waals surface area contributed by atoms with Gasteiger partial charge in [-0.2, -0.15) is 0 Å². The standard InChI is InChI=1S/C11H12O4S/c1-3-15-11(14)8-4-7(10(12)13)5-9(6-8)16-2/h4-6H,3H2,1-2H3,(H,12,13).